The number of hydrogen-bond acceptors (Lipinski definition) is 0. The predicted molar refractivity (Wildman–Crippen MR) is 121 cm³/mol. The third-order valence-corrected chi connectivity index (χ3v) is 5.91. The van der Waals surface area contributed by atoms with Gasteiger partial charge in [0.05, 0.1) is 16.1 Å². The van der Waals surface area contributed by atoms with E-state index in [1.54, 1.807) is 0 Å². The largest absolute Gasteiger partial charge is 0.309 e. The monoisotopic (exact) mass is 377 g/mol. The number of benzene rings is 5. The smallest absolute Gasteiger partial charge is 0.0547 e. The van der Waals surface area contributed by atoms with E-state index in [4.69, 9.17) is 11.6 Å². The van der Waals surface area contributed by atoms with E-state index in [0.717, 1.165) is 21.5 Å². The Morgan fingerprint density at radius 3 is 1.96 bits per heavy atom. The van der Waals surface area contributed by atoms with Crippen molar-refractivity contribution in [3.05, 3.63) is 102 Å². The number of halogens is 1. The third kappa shape index (κ3) is 2.20. The first-order chi connectivity index (χ1) is 13.8. The Balaban J connectivity index is 1.80. The molecule has 132 valence electrons. The maximum absolute atomic E-state index is 6.66. The first-order valence-corrected chi connectivity index (χ1v) is 9.78. The molecule has 0 amide bonds. The van der Waals surface area contributed by atoms with Crippen LogP contribution in [0.1, 0.15) is 0 Å². The fourth-order valence-corrected chi connectivity index (χ4v) is 4.60. The number of hydrogen-bond donors (Lipinski definition) is 0. The number of rotatable bonds is 1. The van der Waals surface area contributed by atoms with Crippen LogP contribution in [0.15, 0.2) is 97.1 Å². The van der Waals surface area contributed by atoms with Gasteiger partial charge in [0.25, 0.3) is 0 Å². The molecule has 1 nitrogen and oxygen atoms in total. The van der Waals surface area contributed by atoms with Crippen molar-refractivity contribution in [1.29, 1.82) is 0 Å². The fraction of sp³-hybridized carbons (Fsp3) is 0. The Labute approximate surface area is 167 Å². The normalized spacial score (nSPS) is 11.8. The van der Waals surface area contributed by atoms with Crippen molar-refractivity contribution in [1.82, 2.24) is 4.57 Å². The zero-order chi connectivity index (χ0) is 18.7. The lowest BCUT2D eigenvalue weighted by molar-refractivity contribution is 1.19. The summed E-state index contributed by atoms with van der Waals surface area (Å²) in [6, 6.07) is 34.3. The topological polar surface area (TPSA) is 4.93 Å². The van der Waals surface area contributed by atoms with Crippen molar-refractivity contribution in [3.63, 3.8) is 0 Å². The van der Waals surface area contributed by atoms with Crippen LogP contribution in [-0.2, 0) is 0 Å². The molecule has 0 spiro atoms. The first kappa shape index (κ1) is 15.7. The molecule has 6 aromatic rings. The minimum Gasteiger partial charge on any atom is -0.309 e. The van der Waals surface area contributed by atoms with Crippen molar-refractivity contribution in [2.24, 2.45) is 0 Å². The highest BCUT2D eigenvalue weighted by molar-refractivity contribution is 6.35. The summed E-state index contributed by atoms with van der Waals surface area (Å²) in [5, 5.41) is 8.03. The molecule has 5 aromatic carbocycles. The van der Waals surface area contributed by atoms with Gasteiger partial charge in [0, 0.05) is 21.8 Å². The van der Waals surface area contributed by atoms with Gasteiger partial charge in [0.15, 0.2) is 0 Å². The molecule has 0 radical (unpaired) electrons. The van der Waals surface area contributed by atoms with Gasteiger partial charge in [-0.2, -0.15) is 0 Å². The molecule has 28 heavy (non-hydrogen) atoms. The zero-order valence-corrected chi connectivity index (χ0v) is 15.8. The molecular weight excluding hydrogens is 362 g/mol. The number of nitrogens with zero attached hydrogens (tertiary/aromatic N) is 1. The molecule has 0 aliphatic rings. The highest BCUT2D eigenvalue weighted by Crippen LogP contribution is 2.36. The summed E-state index contributed by atoms with van der Waals surface area (Å²) < 4.78 is 2.33. The summed E-state index contributed by atoms with van der Waals surface area (Å²) >= 11 is 6.66. The Morgan fingerprint density at radius 1 is 0.500 bits per heavy atom. The minimum atomic E-state index is 0.778. The molecule has 1 aromatic heterocycles. The van der Waals surface area contributed by atoms with Crippen LogP contribution in [0, 0.1) is 0 Å². The van der Waals surface area contributed by atoms with Gasteiger partial charge < -0.3 is 4.57 Å². The summed E-state index contributed by atoms with van der Waals surface area (Å²) in [5.74, 6) is 0. The molecule has 0 N–H and O–H groups in total. The zero-order valence-electron chi connectivity index (χ0n) is 15.1. The number of para-hydroxylation sites is 1. The van der Waals surface area contributed by atoms with Gasteiger partial charge in [-0.1, -0.05) is 78.3 Å². The molecule has 0 unspecified atom stereocenters. The van der Waals surface area contributed by atoms with Crippen LogP contribution in [0.2, 0.25) is 5.02 Å². The van der Waals surface area contributed by atoms with Gasteiger partial charge in [-0.05, 0) is 46.5 Å². The maximum Gasteiger partial charge on any atom is 0.0547 e. The van der Waals surface area contributed by atoms with Gasteiger partial charge in [-0.25, -0.2) is 0 Å². The van der Waals surface area contributed by atoms with Gasteiger partial charge in [-0.3, -0.25) is 0 Å². The van der Waals surface area contributed by atoms with Crippen LogP contribution in [0.3, 0.4) is 0 Å². The predicted octanol–water partition coefficient (Wildman–Crippen LogP) is 7.74. The van der Waals surface area contributed by atoms with Crippen molar-refractivity contribution in [2.75, 3.05) is 0 Å². The second-order valence-corrected chi connectivity index (χ2v) is 7.62. The van der Waals surface area contributed by atoms with Gasteiger partial charge >= 0.3 is 0 Å². The van der Waals surface area contributed by atoms with E-state index in [2.05, 4.69) is 95.6 Å². The van der Waals surface area contributed by atoms with Crippen molar-refractivity contribution >= 4 is 55.0 Å². The van der Waals surface area contributed by atoms with Gasteiger partial charge in [0.2, 0.25) is 0 Å². The van der Waals surface area contributed by atoms with Gasteiger partial charge in [0.1, 0.15) is 0 Å². The van der Waals surface area contributed by atoms with E-state index >= 15 is 0 Å². The number of aromatic nitrogens is 1. The van der Waals surface area contributed by atoms with Crippen LogP contribution in [0.4, 0.5) is 0 Å². The van der Waals surface area contributed by atoms with Crippen molar-refractivity contribution in [3.8, 4) is 5.69 Å². The SMILES string of the molecule is Clc1cc(-n2c3ccccc3c3cc4ccccc4cc32)cc2ccccc12. The summed E-state index contributed by atoms with van der Waals surface area (Å²) in [6.07, 6.45) is 0. The van der Waals surface area contributed by atoms with Crippen molar-refractivity contribution in [2.45, 2.75) is 0 Å². The minimum absolute atomic E-state index is 0.778. The van der Waals surface area contributed by atoms with E-state index in [1.807, 2.05) is 6.07 Å². The quantitative estimate of drug-likeness (QED) is 0.276. The summed E-state index contributed by atoms with van der Waals surface area (Å²) in [4.78, 5) is 0. The van der Waals surface area contributed by atoms with Crippen LogP contribution in [-0.4, -0.2) is 4.57 Å². The molecule has 0 saturated heterocycles. The lowest BCUT2D eigenvalue weighted by atomic mass is 10.1. The molecule has 0 saturated carbocycles. The molecule has 0 bridgehead atoms. The van der Waals surface area contributed by atoms with Crippen LogP contribution >= 0.6 is 11.6 Å². The molecule has 0 fully saturated rings. The Bertz CT molecular complexity index is 1520. The highest BCUT2D eigenvalue weighted by atomic mass is 35.5. The Hall–Kier alpha value is -3.29. The molecule has 0 aliphatic heterocycles. The molecule has 0 aliphatic carbocycles. The first-order valence-electron chi connectivity index (χ1n) is 9.40. The van der Waals surface area contributed by atoms with Crippen molar-refractivity contribution < 1.29 is 0 Å². The van der Waals surface area contributed by atoms with Gasteiger partial charge in [-0.15, -0.1) is 0 Å². The van der Waals surface area contributed by atoms with E-state index in [9.17, 15) is 0 Å². The van der Waals surface area contributed by atoms with E-state index in [0.29, 0.717) is 0 Å². The standard InChI is InChI=1S/C26H16ClN/c27-24-16-20(13-19-9-3-4-10-21(19)24)28-25-12-6-5-11-22(25)23-14-17-7-1-2-8-18(17)15-26(23)28/h1-16H. The van der Waals surface area contributed by atoms with Crippen LogP contribution in [0.5, 0.6) is 0 Å². The summed E-state index contributed by atoms with van der Waals surface area (Å²) in [7, 11) is 0. The average Bonchev–Trinajstić information content (AvgIpc) is 3.05. The average molecular weight is 378 g/mol. The Kier molecular flexibility index (Phi) is 3.29. The van der Waals surface area contributed by atoms with Crippen LogP contribution < -0.4 is 0 Å². The molecule has 6 rings (SSSR count). The third-order valence-electron chi connectivity index (χ3n) is 5.59. The summed E-state index contributed by atoms with van der Waals surface area (Å²) in [6.45, 7) is 0. The highest BCUT2D eigenvalue weighted by Gasteiger charge is 2.14. The second kappa shape index (κ2) is 5.85. The second-order valence-electron chi connectivity index (χ2n) is 7.22. The Morgan fingerprint density at radius 2 is 1.14 bits per heavy atom. The molecular formula is C26H16ClN. The van der Waals surface area contributed by atoms with Crippen LogP contribution in [0.25, 0.3) is 49.0 Å². The maximum atomic E-state index is 6.66. The van der Waals surface area contributed by atoms with E-state index < -0.39 is 0 Å². The fourth-order valence-electron chi connectivity index (χ4n) is 4.31. The molecule has 0 atom stereocenters. The lowest BCUT2D eigenvalue weighted by Gasteiger charge is -2.11. The van der Waals surface area contributed by atoms with E-state index in [-0.39, 0.29) is 0 Å². The van der Waals surface area contributed by atoms with E-state index in [1.165, 1.54) is 32.6 Å². The lowest BCUT2D eigenvalue weighted by Crippen LogP contribution is -1.94. The number of fused-ring (bicyclic) bond motifs is 5. The molecule has 1 heterocycles. The summed E-state index contributed by atoms with van der Waals surface area (Å²) in [5.41, 5.74) is 3.48. The molecule has 2 heteroatoms.